The molecule has 2 aromatic carbocycles. The quantitative estimate of drug-likeness (QED) is 0.394. The highest BCUT2D eigenvalue weighted by Crippen LogP contribution is 2.19. The van der Waals surface area contributed by atoms with Gasteiger partial charge in [-0.25, -0.2) is 4.79 Å². The average Bonchev–Trinajstić information content (AvgIpc) is 3.13. The van der Waals surface area contributed by atoms with Gasteiger partial charge in [0.05, 0.1) is 17.0 Å². The van der Waals surface area contributed by atoms with Gasteiger partial charge in [0, 0.05) is 0 Å². The number of hydrogen-bond donors (Lipinski definition) is 0. The molecule has 0 saturated heterocycles. The second kappa shape index (κ2) is 8.83. The molecule has 0 aliphatic heterocycles. The van der Waals surface area contributed by atoms with Crippen molar-refractivity contribution in [1.29, 1.82) is 0 Å². The second-order valence-electron chi connectivity index (χ2n) is 5.24. The number of ether oxygens (including phenoxy) is 1. The molecule has 7 heteroatoms. The number of thioether (sulfide) groups is 1. The molecule has 26 heavy (non-hydrogen) atoms. The van der Waals surface area contributed by atoms with Gasteiger partial charge in [0.15, 0.2) is 6.61 Å². The van der Waals surface area contributed by atoms with Crippen LogP contribution in [-0.2, 0) is 4.74 Å². The van der Waals surface area contributed by atoms with Crippen LogP contribution in [0.2, 0.25) is 0 Å². The fraction of sp³-hybridized carbons (Fsp3) is 0.158. The third-order valence-corrected chi connectivity index (χ3v) is 4.27. The molecule has 3 rings (SSSR count). The predicted octanol–water partition coefficient (Wildman–Crippen LogP) is 2.92. The Morgan fingerprint density at radius 3 is 2.69 bits per heavy atom. The van der Waals surface area contributed by atoms with Gasteiger partial charge in [0.25, 0.3) is 0 Å². The van der Waals surface area contributed by atoms with E-state index in [0.717, 1.165) is 11.3 Å². The minimum atomic E-state index is -0.379. The first-order chi connectivity index (χ1) is 12.8. The van der Waals surface area contributed by atoms with Crippen LogP contribution >= 0.6 is 11.8 Å². The van der Waals surface area contributed by atoms with Gasteiger partial charge in [-0.1, -0.05) is 60.0 Å². The molecule has 0 radical (unpaired) electrons. The smallest absolute Gasteiger partial charge is 0.339 e. The lowest BCUT2D eigenvalue weighted by molar-refractivity contribution is 0.0556. The maximum atomic E-state index is 11.8. The Hall–Kier alpha value is -3.11. The Morgan fingerprint density at radius 2 is 1.88 bits per heavy atom. The van der Waals surface area contributed by atoms with Crippen molar-refractivity contribution < 1.29 is 9.53 Å². The number of esters is 1. The minimum Gasteiger partial charge on any atom is -0.449 e. The fourth-order valence-corrected chi connectivity index (χ4v) is 2.84. The van der Waals surface area contributed by atoms with Crippen molar-refractivity contribution in [3.63, 3.8) is 0 Å². The molecule has 0 aliphatic rings. The third kappa shape index (κ3) is 4.49. The molecule has 1 heterocycles. The highest BCUT2D eigenvalue weighted by atomic mass is 32.2. The van der Waals surface area contributed by atoms with Crippen LogP contribution in [-0.4, -0.2) is 38.5 Å². The van der Waals surface area contributed by atoms with Crippen LogP contribution in [0.25, 0.3) is 5.69 Å². The van der Waals surface area contributed by atoms with Gasteiger partial charge in [-0.3, -0.25) is 0 Å². The molecule has 0 spiro atoms. The second-order valence-corrected chi connectivity index (χ2v) is 6.19. The predicted molar refractivity (Wildman–Crippen MR) is 99.1 cm³/mol. The van der Waals surface area contributed by atoms with E-state index in [1.54, 1.807) is 28.9 Å². The van der Waals surface area contributed by atoms with Crippen molar-refractivity contribution in [2.45, 2.75) is 12.1 Å². The molecule has 0 saturated carbocycles. The van der Waals surface area contributed by atoms with Crippen molar-refractivity contribution in [3.8, 4) is 17.5 Å². The Bertz CT molecular complexity index is 945. The lowest BCUT2D eigenvalue weighted by Gasteiger charge is -2.05. The molecule has 0 atom stereocenters. The summed E-state index contributed by atoms with van der Waals surface area (Å²) in [4.78, 5) is 11.8. The molecule has 1 aromatic heterocycles. The highest BCUT2D eigenvalue weighted by molar-refractivity contribution is 7.99. The van der Waals surface area contributed by atoms with E-state index in [4.69, 9.17) is 4.74 Å². The van der Waals surface area contributed by atoms with Crippen LogP contribution in [0.3, 0.4) is 0 Å². The lowest BCUT2D eigenvalue weighted by atomic mass is 10.2. The zero-order valence-corrected chi connectivity index (χ0v) is 14.9. The molecule has 6 nitrogen and oxygen atoms in total. The van der Waals surface area contributed by atoms with Crippen LogP contribution < -0.4 is 0 Å². The standard InChI is InChI=1S/C19H16N4O2S/c1-15-9-5-6-12-17(15)23-19(20-21-22-23)26-14-8-7-13-25-18(24)16-10-3-2-4-11-16/h2-6,9-12H,13-14H2,1H3. The molecular formula is C19H16N4O2S. The summed E-state index contributed by atoms with van der Waals surface area (Å²) in [6.07, 6.45) is 0. The van der Waals surface area contributed by atoms with Gasteiger partial charge in [-0.15, -0.1) is 5.10 Å². The van der Waals surface area contributed by atoms with Gasteiger partial charge in [-0.2, -0.15) is 4.68 Å². The number of tetrazole rings is 1. The van der Waals surface area contributed by atoms with Crippen molar-refractivity contribution in [1.82, 2.24) is 20.2 Å². The van der Waals surface area contributed by atoms with Gasteiger partial charge in [0.1, 0.15) is 0 Å². The van der Waals surface area contributed by atoms with E-state index in [2.05, 4.69) is 27.4 Å². The summed E-state index contributed by atoms with van der Waals surface area (Å²) in [5.41, 5.74) is 2.53. The van der Waals surface area contributed by atoms with Gasteiger partial charge in [0.2, 0.25) is 5.16 Å². The third-order valence-electron chi connectivity index (χ3n) is 3.47. The number of benzene rings is 2. The SMILES string of the molecule is Cc1ccccc1-n1nnnc1SCC#CCOC(=O)c1ccccc1. The number of aromatic nitrogens is 4. The Morgan fingerprint density at radius 1 is 1.12 bits per heavy atom. The van der Waals surface area contributed by atoms with Gasteiger partial charge >= 0.3 is 5.97 Å². The summed E-state index contributed by atoms with van der Waals surface area (Å²) in [6.45, 7) is 2.06. The molecule has 0 amide bonds. The van der Waals surface area contributed by atoms with E-state index in [-0.39, 0.29) is 12.6 Å². The van der Waals surface area contributed by atoms with Gasteiger partial charge in [-0.05, 0) is 41.1 Å². The summed E-state index contributed by atoms with van der Waals surface area (Å²) < 4.78 is 6.80. The summed E-state index contributed by atoms with van der Waals surface area (Å²) >= 11 is 1.43. The van der Waals surface area contributed by atoms with Crippen molar-refractivity contribution >= 4 is 17.7 Å². The molecule has 0 unspecified atom stereocenters. The zero-order chi connectivity index (χ0) is 18.2. The summed E-state index contributed by atoms with van der Waals surface area (Å²) in [7, 11) is 0. The molecule has 130 valence electrons. The summed E-state index contributed by atoms with van der Waals surface area (Å²) in [5, 5.41) is 12.5. The van der Waals surface area contributed by atoms with Crippen LogP contribution in [0.1, 0.15) is 15.9 Å². The largest absolute Gasteiger partial charge is 0.449 e. The van der Waals surface area contributed by atoms with E-state index in [0.29, 0.717) is 16.5 Å². The topological polar surface area (TPSA) is 69.9 Å². The molecule has 3 aromatic rings. The van der Waals surface area contributed by atoms with E-state index in [1.807, 2.05) is 37.3 Å². The zero-order valence-electron chi connectivity index (χ0n) is 14.1. The van der Waals surface area contributed by atoms with Crippen LogP contribution in [0.4, 0.5) is 0 Å². The first kappa shape index (κ1) is 17.7. The molecular weight excluding hydrogens is 348 g/mol. The number of carbonyl (C=O) groups is 1. The number of carbonyl (C=O) groups excluding carboxylic acids is 1. The van der Waals surface area contributed by atoms with Crippen LogP contribution in [0, 0.1) is 18.8 Å². The van der Waals surface area contributed by atoms with Crippen LogP contribution in [0.5, 0.6) is 0 Å². The van der Waals surface area contributed by atoms with E-state index < -0.39 is 0 Å². The minimum absolute atomic E-state index is 0.0526. The van der Waals surface area contributed by atoms with E-state index in [1.165, 1.54) is 11.8 Å². The summed E-state index contributed by atoms with van der Waals surface area (Å²) in [5.74, 6) is 5.89. The monoisotopic (exact) mass is 364 g/mol. The fourth-order valence-electron chi connectivity index (χ4n) is 2.18. The maximum Gasteiger partial charge on any atom is 0.339 e. The first-order valence-corrected chi connectivity index (χ1v) is 8.89. The van der Waals surface area contributed by atoms with Crippen molar-refractivity contribution in [2.24, 2.45) is 0 Å². The Labute approximate surface area is 155 Å². The van der Waals surface area contributed by atoms with E-state index >= 15 is 0 Å². The summed E-state index contributed by atoms with van der Waals surface area (Å²) in [6, 6.07) is 16.7. The average molecular weight is 364 g/mol. The highest BCUT2D eigenvalue weighted by Gasteiger charge is 2.09. The van der Waals surface area contributed by atoms with Crippen molar-refractivity contribution in [2.75, 3.05) is 12.4 Å². The Balaban J connectivity index is 1.51. The van der Waals surface area contributed by atoms with E-state index in [9.17, 15) is 4.79 Å². The number of aryl methyl sites for hydroxylation is 1. The van der Waals surface area contributed by atoms with Crippen molar-refractivity contribution in [3.05, 3.63) is 65.7 Å². The molecule has 0 N–H and O–H groups in total. The number of para-hydroxylation sites is 1. The maximum absolute atomic E-state index is 11.8. The van der Waals surface area contributed by atoms with Gasteiger partial charge < -0.3 is 4.74 Å². The Kier molecular flexibility index (Phi) is 6.01. The first-order valence-electron chi connectivity index (χ1n) is 7.91. The number of rotatable bonds is 5. The molecule has 0 bridgehead atoms. The number of nitrogens with zero attached hydrogens (tertiary/aromatic N) is 4. The molecule has 0 fully saturated rings. The molecule has 0 aliphatic carbocycles. The lowest BCUT2D eigenvalue weighted by Crippen LogP contribution is -2.04. The van der Waals surface area contributed by atoms with Crippen LogP contribution in [0.15, 0.2) is 59.8 Å². The number of hydrogen-bond acceptors (Lipinski definition) is 6. The normalized spacial score (nSPS) is 10.0.